The van der Waals surface area contributed by atoms with E-state index < -0.39 is 6.10 Å². The SMILES string of the molecule is CC1CN(C(=O)C(C)Oc2cccc(C#N)c2)CCO1. The van der Waals surface area contributed by atoms with E-state index in [9.17, 15) is 4.79 Å². The second-order valence-corrected chi connectivity index (χ2v) is 4.87. The Morgan fingerprint density at radius 1 is 1.60 bits per heavy atom. The van der Waals surface area contributed by atoms with Gasteiger partial charge in [0.05, 0.1) is 24.3 Å². The molecule has 1 heterocycles. The lowest BCUT2D eigenvalue weighted by molar-refractivity contribution is -0.144. The van der Waals surface area contributed by atoms with Gasteiger partial charge < -0.3 is 14.4 Å². The first-order valence-electron chi connectivity index (χ1n) is 6.67. The molecule has 0 bridgehead atoms. The second-order valence-electron chi connectivity index (χ2n) is 4.87. The van der Waals surface area contributed by atoms with Crippen LogP contribution in [0.4, 0.5) is 0 Å². The molecular formula is C15H18N2O3. The molecule has 106 valence electrons. The highest BCUT2D eigenvalue weighted by Crippen LogP contribution is 2.16. The number of hydrogen-bond acceptors (Lipinski definition) is 4. The Kier molecular flexibility index (Phi) is 4.59. The maximum atomic E-state index is 12.3. The molecular weight excluding hydrogens is 256 g/mol. The maximum absolute atomic E-state index is 12.3. The van der Waals surface area contributed by atoms with E-state index in [2.05, 4.69) is 0 Å². The molecule has 0 saturated carbocycles. The van der Waals surface area contributed by atoms with E-state index in [4.69, 9.17) is 14.7 Å². The summed E-state index contributed by atoms with van der Waals surface area (Å²) in [4.78, 5) is 14.0. The molecule has 2 rings (SSSR count). The van der Waals surface area contributed by atoms with Gasteiger partial charge in [-0.05, 0) is 32.0 Å². The lowest BCUT2D eigenvalue weighted by Crippen LogP contribution is -2.49. The van der Waals surface area contributed by atoms with E-state index in [1.54, 1.807) is 36.1 Å². The van der Waals surface area contributed by atoms with Crippen molar-refractivity contribution in [1.29, 1.82) is 5.26 Å². The smallest absolute Gasteiger partial charge is 0.263 e. The largest absolute Gasteiger partial charge is 0.481 e. The lowest BCUT2D eigenvalue weighted by Gasteiger charge is -2.32. The molecule has 1 amide bonds. The number of carbonyl (C=O) groups is 1. The number of carbonyl (C=O) groups excluding carboxylic acids is 1. The van der Waals surface area contributed by atoms with Gasteiger partial charge in [0.1, 0.15) is 5.75 Å². The van der Waals surface area contributed by atoms with Crippen molar-refractivity contribution >= 4 is 5.91 Å². The summed E-state index contributed by atoms with van der Waals surface area (Å²) in [6.45, 7) is 5.41. The van der Waals surface area contributed by atoms with Crippen LogP contribution in [0.5, 0.6) is 5.75 Å². The number of amides is 1. The molecule has 1 aromatic rings. The van der Waals surface area contributed by atoms with Crippen LogP contribution in [0, 0.1) is 11.3 Å². The number of nitriles is 1. The van der Waals surface area contributed by atoms with Crippen LogP contribution in [-0.2, 0) is 9.53 Å². The topological polar surface area (TPSA) is 62.6 Å². The standard InChI is InChI=1S/C15H18N2O3/c1-11-10-17(6-7-19-11)15(18)12(2)20-14-5-3-4-13(8-14)9-16/h3-5,8,11-12H,6-7,10H2,1-2H3. The molecule has 1 aliphatic rings. The molecule has 0 aromatic heterocycles. The molecule has 1 aromatic carbocycles. The number of benzene rings is 1. The predicted molar refractivity (Wildman–Crippen MR) is 73.2 cm³/mol. The van der Waals surface area contributed by atoms with Gasteiger partial charge in [-0.15, -0.1) is 0 Å². The highest BCUT2D eigenvalue weighted by molar-refractivity contribution is 5.81. The van der Waals surface area contributed by atoms with Gasteiger partial charge in [0, 0.05) is 13.1 Å². The van der Waals surface area contributed by atoms with E-state index in [0.717, 1.165) is 0 Å². The zero-order valence-electron chi connectivity index (χ0n) is 11.7. The van der Waals surface area contributed by atoms with E-state index in [1.807, 2.05) is 13.0 Å². The number of hydrogen-bond donors (Lipinski definition) is 0. The van der Waals surface area contributed by atoms with Crippen LogP contribution in [0.2, 0.25) is 0 Å². The fraction of sp³-hybridized carbons (Fsp3) is 0.467. The van der Waals surface area contributed by atoms with Gasteiger partial charge in [0.25, 0.3) is 5.91 Å². The summed E-state index contributed by atoms with van der Waals surface area (Å²) in [5, 5.41) is 8.84. The first kappa shape index (κ1) is 14.4. The van der Waals surface area contributed by atoms with E-state index in [-0.39, 0.29) is 12.0 Å². The maximum Gasteiger partial charge on any atom is 0.263 e. The molecule has 1 saturated heterocycles. The summed E-state index contributed by atoms with van der Waals surface area (Å²) in [6.07, 6.45) is -0.518. The minimum Gasteiger partial charge on any atom is -0.481 e. The van der Waals surface area contributed by atoms with Crippen LogP contribution in [0.3, 0.4) is 0 Å². The van der Waals surface area contributed by atoms with Crippen molar-refractivity contribution < 1.29 is 14.3 Å². The van der Waals surface area contributed by atoms with Crippen LogP contribution in [0.25, 0.3) is 0 Å². The van der Waals surface area contributed by atoms with Gasteiger partial charge in [-0.3, -0.25) is 4.79 Å². The third-order valence-corrected chi connectivity index (χ3v) is 3.18. The minimum absolute atomic E-state index is 0.0532. The normalized spacial score (nSPS) is 20.1. The highest BCUT2D eigenvalue weighted by Gasteiger charge is 2.26. The molecule has 1 aliphatic heterocycles. The fourth-order valence-electron chi connectivity index (χ4n) is 2.17. The van der Waals surface area contributed by atoms with Crippen molar-refractivity contribution in [2.45, 2.75) is 26.1 Å². The molecule has 0 spiro atoms. The molecule has 5 nitrogen and oxygen atoms in total. The summed E-state index contributed by atoms with van der Waals surface area (Å²) in [5.41, 5.74) is 0.516. The van der Waals surface area contributed by atoms with Crippen LogP contribution < -0.4 is 4.74 Å². The summed E-state index contributed by atoms with van der Waals surface area (Å²) < 4.78 is 11.0. The molecule has 1 fully saturated rings. The number of ether oxygens (including phenoxy) is 2. The zero-order chi connectivity index (χ0) is 14.5. The first-order valence-corrected chi connectivity index (χ1v) is 6.67. The van der Waals surface area contributed by atoms with Crippen molar-refractivity contribution in [3.05, 3.63) is 29.8 Å². The number of nitrogens with zero attached hydrogens (tertiary/aromatic N) is 2. The number of rotatable bonds is 3. The second kappa shape index (κ2) is 6.40. The third-order valence-electron chi connectivity index (χ3n) is 3.18. The van der Waals surface area contributed by atoms with Crippen LogP contribution >= 0.6 is 0 Å². The van der Waals surface area contributed by atoms with Crippen LogP contribution in [0.1, 0.15) is 19.4 Å². The fourth-order valence-corrected chi connectivity index (χ4v) is 2.17. The number of morpholine rings is 1. The summed E-state index contributed by atoms with van der Waals surface area (Å²) in [7, 11) is 0. The average molecular weight is 274 g/mol. The molecule has 2 atom stereocenters. The first-order chi connectivity index (χ1) is 9.60. The monoisotopic (exact) mass is 274 g/mol. The van der Waals surface area contributed by atoms with Gasteiger partial charge in [-0.25, -0.2) is 0 Å². The molecule has 0 radical (unpaired) electrons. The van der Waals surface area contributed by atoms with Crippen LogP contribution in [0.15, 0.2) is 24.3 Å². The Morgan fingerprint density at radius 2 is 2.40 bits per heavy atom. The van der Waals surface area contributed by atoms with E-state index in [1.165, 1.54) is 0 Å². The zero-order valence-corrected chi connectivity index (χ0v) is 11.7. The Morgan fingerprint density at radius 3 is 3.10 bits per heavy atom. The van der Waals surface area contributed by atoms with Crippen LogP contribution in [-0.4, -0.2) is 42.7 Å². The molecule has 0 N–H and O–H groups in total. The van der Waals surface area contributed by atoms with Crippen molar-refractivity contribution in [2.24, 2.45) is 0 Å². The molecule has 5 heteroatoms. The van der Waals surface area contributed by atoms with Gasteiger partial charge in [0.2, 0.25) is 0 Å². The average Bonchev–Trinajstić information content (AvgIpc) is 2.46. The summed E-state index contributed by atoms with van der Waals surface area (Å²) in [5.74, 6) is 0.480. The minimum atomic E-state index is -0.575. The molecule has 2 unspecified atom stereocenters. The van der Waals surface area contributed by atoms with E-state index in [0.29, 0.717) is 31.0 Å². The van der Waals surface area contributed by atoms with E-state index >= 15 is 0 Å². The summed E-state index contributed by atoms with van der Waals surface area (Å²) in [6, 6.07) is 8.86. The van der Waals surface area contributed by atoms with Gasteiger partial charge in [-0.1, -0.05) is 6.07 Å². The Bertz CT molecular complexity index is 524. The third kappa shape index (κ3) is 3.49. The van der Waals surface area contributed by atoms with Crippen molar-refractivity contribution in [3.63, 3.8) is 0 Å². The van der Waals surface area contributed by atoms with Crippen molar-refractivity contribution in [2.75, 3.05) is 19.7 Å². The Hall–Kier alpha value is -2.06. The highest BCUT2D eigenvalue weighted by atomic mass is 16.5. The van der Waals surface area contributed by atoms with Gasteiger partial charge >= 0.3 is 0 Å². The molecule has 20 heavy (non-hydrogen) atoms. The lowest BCUT2D eigenvalue weighted by atomic mass is 10.2. The van der Waals surface area contributed by atoms with Crippen molar-refractivity contribution in [3.8, 4) is 11.8 Å². The quantitative estimate of drug-likeness (QED) is 0.839. The summed E-state index contributed by atoms with van der Waals surface area (Å²) >= 11 is 0. The van der Waals surface area contributed by atoms with Gasteiger partial charge in [0.15, 0.2) is 6.10 Å². The predicted octanol–water partition coefficient (Wildman–Crippen LogP) is 1.57. The van der Waals surface area contributed by atoms with Gasteiger partial charge in [-0.2, -0.15) is 5.26 Å². The Balaban J connectivity index is 1.98. The molecule has 0 aliphatic carbocycles. The Labute approximate surface area is 118 Å². The van der Waals surface area contributed by atoms with Crippen molar-refractivity contribution in [1.82, 2.24) is 4.90 Å².